The first-order valence-corrected chi connectivity index (χ1v) is 10.1. The second-order valence-corrected chi connectivity index (χ2v) is 8.27. The predicted octanol–water partition coefficient (Wildman–Crippen LogP) is 3.65. The molecule has 9 heteroatoms. The van der Waals surface area contributed by atoms with Crippen LogP contribution in [0.2, 0.25) is 5.02 Å². The minimum Gasteiger partial charge on any atom is -0.359 e. The first-order valence-electron chi connectivity index (χ1n) is 8.20. The van der Waals surface area contributed by atoms with Gasteiger partial charge in [-0.1, -0.05) is 23.7 Å². The summed E-state index contributed by atoms with van der Waals surface area (Å²) in [4.78, 5) is 7.30. The maximum Gasteiger partial charge on any atom is 0.242 e. The van der Waals surface area contributed by atoms with Crippen molar-refractivity contribution in [2.75, 3.05) is 0 Å². The van der Waals surface area contributed by atoms with Gasteiger partial charge in [-0.3, -0.25) is 5.10 Å². The van der Waals surface area contributed by atoms with Gasteiger partial charge < -0.3 is 4.98 Å². The van der Waals surface area contributed by atoms with E-state index in [1.165, 1.54) is 6.20 Å². The van der Waals surface area contributed by atoms with Gasteiger partial charge in [0.2, 0.25) is 10.0 Å². The molecule has 3 N–H and O–H groups in total. The molecule has 1 unspecified atom stereocenters. The van der Waals surface area contributed by atoms with Gasteiger partial charge in [-0.25, -0.2) is 18.1 Å². The van der Waals surface area contributed by atoms with E-state index in [-0.39, 0.29) is 4.90 Å². The van der Waals surface area contributed by atoms with Crippen LogP contribution < -0.4 is 4.72 Å². The van der Waals surface area contributed by atoms with Gasteiger partial charge in [0.1, 0.15) is 4.90 Å². The molecule has 0 saturated heterocycles. The molecule has 1 atom stereocenters. The molecule has 3 aromatic heterocycles. The number of sulfonamides is 1. The Morgan fingerprint density at radius 3 is 2.74 bits per heavy atom. The number of aromatic nitrogens is 4. The van der Waals surface area contributed by atoms with Crippen LogP contribution in [0.15, 0.2) is 59.8 Å². The number of halogens is 1. The summed E-state index contributed by atoms with van der Waals surface area (Å²) >= 11 is 5.88. The van der Waals surface area contributed by atoms with E-state index in [0.29, 0.717) is 22.1 Å². The number of hydrogen-bond acceptors (Lipinski definition) is 4. The van der Waals surface area contributed by atoms with E-state index >= 15 is 0 Å². The maximum absolute atomic E-state index is 12.7. The Balaban J connectivity index is 1.61. The van der Waals surface area contributed by atoms with Crippen molar-refractivity contribution in [1.82, 2.24) is 24.9 Å². The first-order chi connectivity index (χ1) is 12.9. The molecule has 0 radical (unpaired) electrons. The summed E-state index contributed by atoms with van der Waals surface area (Å²) < 4.78 is 28.1. The molecule has 0 saturated carbocycles. The van der Waals surface area contributed by atoms with Crippen molar-refractivity contribution < 1.29 is 8.42 Å². The molecule has 0 amide bonds. The summed E-state index contributed by atoms with van der Waals surface area (Å²) in [5.41, 5.74) is 2.70. The average Bonchev–Trinajstić information content (AvgIpc) is 3.29. The second kappa shape index (κ2) is 6.80. The molecule has 3 heterocycles. The van der Waals surface area contributed by atoms with E-state index in [4.69, 9.17) is 11.6 Å². The Kier molecular flexibility index (Phi) is 4.47. The second-order valence-electron chi connectivity index (χ2n) is 6.12. The zero-order valence-electron chi connectivity index (χ0n) is 14.3. The fourth-order valence-corrected chi connectivity index (χ4v) is 4.20. The quantitative estimate of drug-likeness (QED) is 0.474. The molecular formula is C18H16ClN5O2S. The van der Waals surface area contributed by atoms with Crippen LogP contribution in [0.3, 0.4) is 0 Å². The fourth-order valence-electron chi connectivity index (χ4n) is 2.85. The van der Waals surface area contributed by atoms with Gasteiger partial charge in [0.25, 0.3) is 0 Å². The van der Waals surface area contributed by atoms with Crippen molar-refractivity contribution in [3.63, 3.8) is 0 Å². The third-order valence-corrected chi connectivity index (χ3v) is 6.04. The van der Waals surface area contributed by atoms with Crippen molar-refractivity contribution in [1.29, 1.82) is 0 Å². The van der Waals surface area contributed by atoms with Crippen LogP contribution in [-0.4, -0.2) is 28.6 Å². The van der Waals surface area contributed by atoms with Gasteiger partial charge in [-0.2, -0.15) is 5.10 Å². The van der Waals surface area contributed by atoms with E-state index in [9.17, 15) is 8.42 Å². The van der Waals surface area contributed by atoms with E-state index in [1.807, 2.05) is 6.07 Å². The molecule has 138 valence electrons. The molecule has 1 aromatic carbocycles. The molecule has 0 aliphatic heterocycles. The summed E-state index contributed by atoms with van der Waals surface area (Å²) in [5, 5.41) is 8.44. The van der Waals surface area contributed by atoms with Gasteiger partial charge in [0.05, 0.1) is 11.4 Å². The first kappa shape index (κ1) is 17.7. The Morgan fingerprint density at radius 1 is 1.19 bits per heavy atom. The standard InChI is InChI=1S/C18H16ClN5O2S/c1-11(12-4-6-13(19)7-5-12)24-27(25,26)14-9-16(21-10-14)17-15-3-2-8-20-18(15)23-22-17/h2-11,21,24H,1H3,(H,20,22,23). The van der Waals surface area contributed by atoms with Gasteiger partial charge in [-0.05, 0) is 42.8 Å². The number of hydrogen-bond donors (Lipinski definition) is 3. The Morgan fingerprint density at radius 2 is 1.96 bits per heavy atom. The monoisotopic (exact) mass is 401 g/mol. The van der Waals surface area contributed by atoms with E-state index < -0.39 is 16.1 Å². The normalized spacial score (nSPS) is 13.1. The van der Waals surface area contributed by atoms with E-state index in [2.05, 4.69) is 24.9 Å². The van der Waals surface area contributed by atoms with Crippen LogP contribution in [0, 0.1) is 0 Å². The Labute approximate surface area is 160 Å². The third-order valence-electron chi connectivity index (χ3n) is 4.27. The van der Waals surface area contributed by atoms with Crippen LogP contribution in [0.4, 0.5) is 0 Å². The number of nitrogens with zero attached hydrogens (tertiary/aromatic N) is 2. The maximum atomic E-state index is 12.7. The van der Waals surface area contributed by atoms with Gasteiger partial charge in [-0.15, -0.1) is 0 Å². The highest BCUT2D eigenvalue weighted by Crippen LogP contribution is 2.26. The highest BCUT2D eigenvalue weighted by atomic mass is 35.5. The van der Waals surface area contributed by atoms with Gasteiger partial charge in [0.15, 0.2) is 5.65 Å². The lowest BCUT2D eigenvalue weighted by Gasteiger charge is -2.14. The minimum absolute atomic E-state index is 0.143. The minimum atomic E-state index is -3.71. The van der Waals surface area contributed by atoms with Crippen LogP contribution in [-0.2, 0) is 10.0 Å². The highest BCUT2D eigenvalue weighted by Gasteiger charge is 2.21. The fraction of sp³-hybridized carbons (Fsp3) is 0.111. The van der Waals surface area contributed by atoms with Crippen molar-refractivity contribution in [3.8, 4) is 11.4 Å². The Bertz CT molecular complexity index is 1200. The van der Waals surface area contributed by atoms with Crippen LogP contribution in [0.1, 0.15) is 18.5 Å². The molecule has 7 nitrogen and oxygen atoms in total. The van der Waals surface area contributed by atoms with Crippen molar-refractivity contribution in [3.05, 3.63) is 65.4 Å². The predicted molar refractivity (Wildman–Crippen MR) is 104 cm³/mol. The highest BCUT2D eigenvalue weighted by molar-refractivity contribution is 7.89. The number of aromatic amines is 2. The molecule has 0 aliphatic rings. The molecule has 0 fully saturated rings. The number of nitrogens with one attached hydrogen (secondary N) is 3. The van der Waals surface area contributed by atoms with Crippen molar-refractivity contribution in [2.45, 2.75) is 17.9 Å². The molecule has 27 heavy (non-hydrogen) atoms. The van der Waals surface area contributed by atoms with E-state index in [0.717, 1.165) is 10.9 Å². The van der Waals surface area contributed by atoms with Crippen LogP contribution in [0.25, 0.3) is 22.4 Å². The number of pyridine rings is 1. The Hall–Kier alpha value is -2.68. The third kappa shape index (κ3) is 3.46. The lowest BCUT2D eigenvalue weighted by atomic mass is 10.1. The average molecular weight is 402 g/mol. The molecule has 4 aromatic rings. The number of fused-ring (bicyclic) bond motifs is 1. The van der Waals surface area contributed by atoms with Crippen LogP contribution in [0.5, 0.6) is 0 Å². The zero-order chi connectivity index (χ0) is 19.0. The summed E-state index contributed by atoms with van der Waals surface area (Å²) in [6, 6.07) is 11.9. The summed E-state index contributed by atoms with van der Waals surface area (Å²) in [6.07, 6.45) is 3.11. The zero-order valence-corrected chi connectivity index (χ0v) is 15.8. The number of rotatable bonds is 5. The topological polar surface area (TPSA) is 104 Å². The van der Waals surface area contributed by atoms with Gasteiger partial charge >= 0.3 is 0 Å². The molecular weight excluding hydrogens is 386 g/mol. The largest absolute Gasteiger partial charge is 0.359 e. The van der Waals surface area contributed by atoms with Crippen molar-refractivity contribution in [2.24, 2.45) is 0 Å². The van der Waals surface area contributed by atoms with Gasteiger partial charge in [0, 0.05) is 28.8 Å². The lowest BCUT2D eigenvalue weighted by Crippen LogP contribution is -2.26. The number of benzene rings is 1. The molecule has 0 bridgehead atoms. The molecule has 4 rings (SSSR count). The molecule has 0 spiro atoms. The SMILES string of the molecule is CC(NS(=O)(=O)c1c[nH]c(-c2[nH]nc3ncccc23)c1)c1ccc(Cl)cc1. The summed E-state index contributed by atoms with van der Waals surface area (Å²) in [7, 11) is -3.71. The van der Waals surface area contributed by atoms with Crippen molar-refractivity contribution >= 4 is 32.7 Å². The lowest BCUT2D eigenvalue weighted by molar-refractivity contribution is 0.567. The van der Waals surface area contributed by atoms with E-state index in [1.54, 1.807) is 49.5 Å². The number of H-pyrrole nitrogens is 2. The summed E-state index contributed by atoms with van der Waals surface area (Å²) in [6.45, 7) is 1.78. The van der Waals surface area contributed by atoms with Crippen LogP contribution >= 0.6 is 11.6 Å². The summed E-state index contributed by atoms with van der Waals surface area (Å²) in [5.74, 6) is 0. The smallest absolute Gasteiger partial charge is 0.242 e. The molecule has 0 aliphatic carbocycles.